The highest BCUT2D eigenvalue weighted by Crippen LogP contribution is 2.35. The molecule has 2 aliphatic rings. The number of hydrogen-bond donors (Lipinski definition) is 0. The van der Waals surface area contributed by atoms with Crippen molar-refractivity contribution in [1.29, 1.82) is 0 Å². The molecule has 0 atom stereocenters. The van der Waals surface area contributed by atoms with Gasteiger partial charge in [-0.2, -0.15) is 0 Å². The van der Waals surface area contributed by atoms with Gasteiger partial charge in [0.2, 0.25) is 5.91 Å². The lowest BCUT2D eigenvalue weighted by molar-refractivity contribution is -0.136. The van der Waals surface area contributed by atoms with Crippen LogP contribution in [0, 0.1) is 0 Å². The van der Waals surface area contributed by atoms with Crippen molar-refractivity contribution in [3.8, 4) is 0 Å². The number of nitrogens with zero attached hydrogens (tertiary/aromatic N) is 3. The SMILES string of the molecule is O=C(CN1C(=O)S/C(=C\c2cn(Cc3c(Cl)cccc3Cl)c3ccccc23)C1=O)N1CCc2ccccc2C1. The van der Waals surface area contributed by atoms with Gasteiger partial charge in [-0.25, -0.2) is 0 Å². The number of carbonyl (C=O) groups excluding carboxylic acids is 3. The van der Waals surface area contributed by atoms with Gasteiger partial charge >= 0.3 is 0 Å². The molecule has 3 heterocycles. The Bertz CT molecular complexity index is 1660. The van der Waals surface area contributed by atoms with Gasteiger partial charge in [0.1, 0.15) is 6.54 Å². The largest absolute Gasteiger partial charge is 0.342 e. The highest BCUT2D eigenvalue weighted by molar-refractivity contribution is 8.18. The molecule has 2 aliphatic heterocycles. The van der Waals surface area contributed by atoms with Crippen LogP contribution < -0.4 is 0 Å². The van der Waals surface area contributed by atoms with Gasteiger partial charge < -0.3 is 9.47 Å². The molecule has 0 bridgehead atoms. The van der Waals surface area contributed by atoms with Crippen molar-refractivity contribution in [2.45, 2.75) is 19.5 Å². The lowest BCUT2D eigenvalue weighted by Crippen LogP contribution is -2.44. The van der Waals surface area contributed by atoms with Crippen molar-refractivity contribution < 1.29 is 14.4 Å². The first-order valence-electron chi connectivity index (χ1n) is 12.5. The van der Waals surface area contributed by atoms with Crippen molar-refractivity contribution in [1.82, 2.24) is 14.4 Å². The van der Waals surface area contributed by atoms with Crippen molar-refractivity contribution in [3.05, 3.63) is 110 Å². The number of amides is 3. The summed E-state index contributed by atoms with van der Waals surface area (Å²) in [5.41, 5.74) is 4.86. The van der Waals surface area contributed by atoms with E-state index in [-0.39, 0.29) is 17.4 Å². The number of carbonyl (C=O) groups is 3. The van der Waals surface area contributed by atoms with Crippen molar-refractivity contribution in [3.63, 3.8) is 0 Å². The molecule has 0 saturated carbocycles. The van der Waals surface area contributed by atoms with Gasteiger partial charge in [-0.15, -0.1) is 0 Å². The van der Waals surface area contributed by atoms with E-state index >= 15 is 0 Å². The average molecular weight is 577 g/mol. The third-order valence-electron chi connectivity index (χ3n) is 7.15. The highest BCUT2D eigenvalue weighted by Gasteiger charge is 2.37. The molecule has 6 nitrogen and oxygen atoms in total. The molecule has 0 spiro atoms. The van der Waals surface area contributed by atoms with Crippen molar-refractivity contribution in [2.75, 3.05) is 13.1 Å². The number of thioether (sulfide) groups is 1. The van der Waals surface area contributed by atoms with Gasteiger partial charge in [-0.1, -0.05) is 71.7 Å². The molecule has 0 N–H and O–H groups in total. The van der Waals surface area contributed by atoms with E-state index in [4.69, 9.17) is 23.2 Å². The number of imide groups is 1. The maximum Gasteiger partial charge on any atom is 0.294 e. The van der Waals surface area contributed by atoms with Gasteiger partial charge in [-0.3, -0.25) is 19.3 Å². The lowest BCUT2D eigenvalue weighted by Gasteiger charge is -2.29. The Morgan fingerprint density at radius 1 is 0.923 bits per heavy atom. The molecule has 1 fully saturated rings. The predicted molar refractivity (Wildman–Crippen MR) is 156 cm³/mol. The van der Waals surface area contributed by atoms with E-state index in [0.29, 0.717) is 29.7 Å². The molecule has 0 radical (unpaired) electrons. The zero-order chi connectivity index (χ0) is 27.1. The lowest BCUT2D eigenvalue weighted by atomic mass is 10.00. The van der Waals surface area contributed by atoms with Crippen LogP contribution in [0.3, 0.4) is 0 Å². The minimum atomic E-state index is -0.457. The van der Waals surface area contributed by atoms with Crippen LogP contribution in [0.2, 0.25) is 10.0 Å². The van der Waals surface area contributed by atoms with Crippen LogP contribution in [0.25, 0.3) is 17.0 Å². The topological polar surface area (TPSA) is 62.6 Å². The van der Waals surface area contributed by atoms with Crippen LogP contribution in [0.5, 0.6) is 0 Å². The summed E-state index contributed by atoms with van der Waals surface area (Å²) in [7, 11) is 0. The fourth-order valence-corrected chi connectivity index (χ4v) is 6.44. The Balaban J connectivity index is 1.24. The summed E-state index contributed by atoms with van der Waals surface area (Å²) in [6, 6.07) is 21.2. The molecule has 6 rings (SSSR count). The zero-order valence-corrected chi connectivity index (χ0v) is 23.1. The number of benzene rings is 3. The first-order valence-corrected chi connectivity index (χ1v) is 14.1. The Hall–Kier alpha value is -3.52. The molecule has 196 valence electrons. The second-order valence-electron chi connectivity index (χ2n) is 9.53. The van der Waals surface area contributed by atoms with Crippen molar-refractivity contribution >= 4 is 69.0 Å². The standard InChI is InChI=1S/C30H23Cl2N3O3S/c31-24-9-5-10-25(32)23(24)17-34-16-21(22-8-3-4-11-26(22)34)14-27-29(37)35(30(38)39-27)18-28(36)33-13-12-19-6-1-2-7-20(19)15-33/h1-11,14,16H,12-13,15,17-18H2/b27-14-. The monoisotopic (exact) mass is 575 g/mol. The molecular formula is C30H23Cl2N3O3S. The molecule has 3 amide bonds. The first-order chi connectivity index (χ1) is 18.9. The van der Waals surface area contributed by atoms with Gasteiger partial charge in [0.15, 0.2) is 0 Å². The van der Waals surface area contributed by atoms with Crippen LogP contribution >= 0.6 is 35.0 Å². The van der Waals surface area contributed by atoms with Crippen molar-refractivity contribution in [2.24, 2.45) is 0 Å². The predicted octanol–water partition coefficient (Wildman–Crippen LogP) is 6.62. The van der Waals surface area contributed by atoms with Gasteiger partial charge in [0.05, 0.1) is 11.4 Å². The number of rotatable bonds is 5. The van der Waals surface area contributed by atoms with Crippen LogP contribution in [0.4, 0.5) is 4.79 Å². The van der Waals surface area contributed by atoms with E-state index in [1.54, 1.807) is 29.2 Å². The van der Waals surface area contributed by atoms with E-state index < -0.39 is 11.1 Å². The van der Waals surface area contributed by atoms with E-state index in [1.165, 1.54) is 5.56 Å². The van der Waals surface area contributed by atoms with Crippen LogP contribution in [-0.4, -0.2) is 44.5 Å². The highest BCUT2D eigenvalue weighted by atomic mass is 35.5. The maximum atomic E-state index is 13.3. The van der Waals surface area contributed by atoms with Gasteiger partial charge in [-0.05, 0) is 53.6 Å². The molecule has 4 aromatic rings. The molecule has 1 saturated heterocycles. The number of aromatic nitrogens is 1. The maximum absolute atomic E-state index is 13.3. The van der Waals surface area contributed by atoms with E-state index in [2.05, 4.69) is 6.07 Å². The summed E-state index contributed by atoms with van der Waals surface area (Å²) < 4.78 is 2.02. The fourth-order valence-electron chi connectivity index (χ4n) is 5.10. The van der Waals surface area contributed by atoms with E-state index in [9.17, 15) is 14.4 Å². The van der Waals surface area contributed by atoms with Crippen LogP contribution in [-0.2, 0) is 29.1 Å². The molecule has 9 heteroatoms. The summed E-state index contributed by atoms with van der Waals surface area (Å²) in [6.45, 7) is 1.23. The van der Waals surface area contributed by atoms with Crippen LogP contribution in [0.15, 0.2) is 77.8 Å². The second kappa shape index (κ2) is 10.6. The Morgan fingerprint density at radius 2 is 1.64 bits per heavy atom. The van der Waals surface area contributed by atoms with E-state index in [1.807, 2.05) is 53.2 Å². The van der Waals surface area contributed by atoms with Crippen LogP contribution in [0.1, 0.15) is 22.3 Å². The first kappa shape index (κ1) is 25.7. The number of fused-ring (bicyclic) bond motifs is 2. The summed E-state index contributed by atoms with van der Waals surface area (Å²) in [5, 5.41) is 1.63. The third-order valence-corrected chi connectivity index (χ3v) is 8.76. The average Bonchev–Trinajstić information content (AvgIpc) is 3.42. The summed E-state index contributed by atoms with van der Waals surface area (Å²) in [4.78, 5) is 42.2. The minimum absolute atomic E-state index is 0.235. The summed E-state index contributed by atoms with van der Waals surface area (Å²) in [5.74, 6) is -0.692. The molecule has 39 heavy (non-hydrogen) atoms. The fraction of sp³-hybridized carbons (Fsp3) is 0.167. The molecule has 0 unspecified atom stereocenters. The number of halogens is 2. The number of para-hydroxylation sites is 1. The van der Waals surface area contributed by atoms with Gasteiger partial charge in [0, 0.05) is 51.4 Å². The Kier molecular flexibility index (Phi) is 6.97. The Morgan fingerprint density at radius 3 is 2.44 bits per heavy atom. The molecule has 3 aromatic carbocycles. The Labute approximate surface area is 239 Å². The third kappa shape index (κ3) is 4.98. The smallest absolute Gasteiger partial charge is 0.294 e. The molecular weight excluding hydrogens is 553 g/mol. The summed E-state index contributed by atoms with van der Waals surface area (Å²) in [6.07, 6.45) is 4.40. The molecule has 1 aromatic heterocycles. The van der Waals surface area contributed by atoms with E-state index in [0.717, 1.165) is 50.7 Å². The second-order valence-corrected chi connectivity index (χ2v) is 11.3. The quantitative estimate of drug-likeness (QED) is 0.251. The molecule has 0 aliphatic carbocycles. The summed E-state index contributed by atoms with van der Waals surface area (Å²) >= 11 is 13.7. The number of hydrogen-bond acceptors (Lipinski definition) is 4. The zero-order valence-electron chi connectivity index (χ0n) is 20.8. The van der Waals surface area contributed by atoms with Gasteiger partial charge in [0.25, 0.3) is 11.1 Å². The minimum Gasteiger partial charge on any atom is -0.342 e. The normalized spacial score (nSPS) is 16.4.